The number of rotatable bonds is 5. The highest BCUT2D eigenvalue weighted by Crippen LogP contribution is 2.27. The maximum absolute atomic E-state index is 12.0. The van der Waals surface area contributed by atoms with E-state index in [0.717, 1.165) is 43.7 Å². The van der Waals surface area contributed by atoms with E-state index in [2.05, 4.69) is 62.9 Å². The highest BCUT2D eigenvalue weighted by molar-refractivity contribution is 5.46. The predicted molar refractivity (Wildman–Crippen MR) is 116 cm³/mol. The van der Waals surface area contributed by atoms with E-state index in [1.54, 1.807) is 0 Å². The number of para-hydroxylation sites is 1. The third-order valence-corrected chi connectivity index (χ3v) is 6.58. The normalized spacial score (nSPS) is 20.0. The van der Waals surface area contributed by atoms with E-state index in [4.69, 9.17) is 0 Å². The Morgan fingerprint density at radius 2 is 1.25 bits per heavy atom. The van der Waals surface area contributed by atoms with Crippen molar-refractivity contribution in [2.24, 2.45) is 23.7 Å². The summed E-state index contributed by atoms with van der Waals surface area (Å²) in [5, 5.41) is 0. The summed E-state index contributed by atoms with van der Waals surface area (Å²) in [7, 11) is 0. The Bertz CT molecular complexity index is 517. The highest BCUT2D eigenvalue weighted by atomic mass is 19.3. The minimum absolute atomic E-state index is 0.0369. The lowest BCUT2D eigenvalue weighted by Gasteiger charge is -2.35. The molecule has 0 N–H and O–H groups in total. The van der Waals surface area contributed by atoms with Gasteiger partial charge < -0.3 is 4.90 Å². The van der Waals surface area contributed by atoms with Crippen molar-refractivity contribution in [1.82, 2.24) is 4.90 Å². The molecule has 160 valence electrons. The maximum atomic E-state index is 12.0. The van der Waals surface area contributed by atoms with Gasteiger partial charge in [0.1, 0.15) is 0 Å². The van der Waals surface area contributed by atoms with Gasteiger partial charge in [0.25, 0.3) is 6.43 Å². The molecule has 3 rings (SSSR count). The lowest BCUT2D eigenvalue weighted by Crippen LogP contribution is -2.37. The SMILES string of the molecule is CC(C)C1CCN(CC(F)F)CC1.CC(C)C1CCN(c2ccccc2)CC1. The largest absolute Gasteiger partial charge is 0.372 e. The van der Waals surface area contributed by atoms with Crippen molar-refractivity contribution in [3.05, 3.63) is 30.3 Å². The van der Waals surface area contributed by atoms with E-state index in [1.807, 2.05) is 4.90 Å². The number of alkyl halides is 2. The number of halogens is 2. The smallest absolute Gasteiger partial charge is 0.251 e. The van der Waals surface area contributed by atoms with Crippen LogP contribution in [0.25, 0.3) is 0 Å². The van der Waals surface area contributed by atoms with E-state index in [-0.39, 0.29) is 6.54 Å². The molecule has 0 spiro atoms. The summed E-state index contributed by atoms with van der Waals surface area (Å²) in [6.45, 7) is 13.3. The first kappa shape index (κ1) is 23.1. The van der Waals surface area contributed by atoms with E-state index in [1.165, 1.54) is 31.6 Å². The van der Waals surface area contributed by atoms with Gasteiger partial charge in [-0.05, 0) is 74.6 Å². The molecule has 28 heavy (non-hydrogen) atoms. The summed E-state index contributed by atoms with van der Waals surface area (Å²) in [4.78, 5) is 4.39. The van der Waals surface area contributed by atoms with Crippen LogP contribution in [0.3, 0.4) is 0 Å². The lowest BCUT2D eigenvalue weighted by molar-refractivity contribution is 0.0634. The number of hydrogen-bond donors (Lipinski definition) is 0. The van der Waals surface area contributed by atoms with E-state index in [0.29, 0.717) is 5.92 Å². The average Bonchev–Trinajstić information content (AvgIpc) is 2.69. The molecule has 0 unspecified atom stereocenters. The van der Waals surface area contributed by atoms with Crippen LogP contribution in [0.4, 0.5) is 14.5 Å². The zero-order chi connectivity index (χ0) is 20.5. The minimum atomic E-state index is -2.17. The van der Waals surface area contributed by atoms with Gasteiger partial charge in [0.2, 0.25) is 0 Å². The van der Waals surface area contributed by atoms with Crippen LogP contribution >= 0.6 is 0 Å². The van der Waals surface area contributed by atoms with Crippen LogP contribution in [0.1, 0.15) is 53.4 Å². The van der Waals surface area contributed by atoms with Gasteiger partial charge in [-0.15, -0.1) is 0 Å². The van der Waals surface area contributed by atoms with Gasteiger partial charge in [-0.2, -0.15) is 0 Å². The van der Waals surface area contributed by atoms with Gasteiger partial charge in [0.15, 0.2) is 0 Å². The number of anilines is 1. The monoisotopic (exact) mass is 394 g/mol. The molecule has 0 atom stereocenters. The third kappa shape index (κ3) is 7.69. The quantitative estimate of drug-likeness (QED) is 0.588. The molecule has 0 aliphatic carbocycles. The zero-order valence-corrected chi connectivity index (χ0v) is 18.3. The first-order chi connectivity index (χ1) is 13.4. The van der Waals surface area contributed by atoms with E-state index < -0.39 is 6.43 Å². The Morgan fingerprint density at radius 1 is 0.786 bits per heavy atom. The van der Waals surface area contributed by atoms with Crippen LogP contribution < -0.4 is 4.90 Å². The fourth-order valence-electron chi connectivity index (χ4n) is 4.46. The molecule has 0 radical (unpaired) electrons. The van der Waals surface area contributed by atoms with Crippen molar-refractivity contribution in [3.63, 3.8) is 0 Å². The average molecular weight is 395 g/mol. The van der Waals surface area contributed by atoms with Crippen molar-refractivity contribution in [2.45, 2.75) is 59.8 Å². The molecule has 2 fully saturated rings. The van der Waals surface area contributed by atoms with Gasteiger partial charge >= 0.3 is 0 Å². The fourth-order valence-corrected chi connectivity index (χ4v) is 4.46. The number of likely N-dealkylation sites (tertiary alicyclic amines) is 1. The Morgan fingerprint density at radius 3 is 1.68 bits per heavy atom. The van der Waals surface area contributed by atoms with Gasteiger partial charge in [-0.1, -0.05) is 45.9 Å². The number of piperidine rings is 2. The second-order valence-electron chi connectivity index (χ2n) is 9.18. The van der Waals surface area contributed by atoms with E-state index in [9.17, 15) is 8.78 Å². The van der Waals surface area contributed by atoms with Gasteiger partial charge in [-0.25, -0.2) is 8.78 Å². The van der Waals surface area contributed by atoms with Crippen LogP contribution in [0, 0.1) is 23.7 Å². The summed E-state index contributed by atoms with van der Waals surface area (Å²) < 4.78 is 24.1. The van der Waals surface area contributed by atoms with Gasteiger partial charge in [0, 0.05) is 18.8 Å². The summed E-state index contributed by atoms with van der Waals surface area (Å²) in [6.07, 6.45) is 2.71. The Balaban J connectivity index is 0.000000203. The summed E-state index contributed by atoms with van der Waals surface area (Å²) in [6, 6.07) is 10.8. The van der Waals surface area contributed by atoms with Crippen molar-refractivity contribution in [3.8, 4) is 0 Å². The molecule has 0 aromatic heterocycles. The zero-order valence-electron chi connectivity index (χ0n) is 18.3. The standard InChI is InChI=1S/C14H21N.C10H19F2N/c1-12(2)13-8-10-15(11-9-13)14-6-4-3-5-7-14;1-8(2)9-3-5-13(6-4-9)7-10(11)12/h3-7,12-13H,8-11H2,1-2H3;8-10H,3-7H2,1-2H3. The number of nitrogens with zero attached hydrogens (tertiary/aromatic N) is 2. The fraction of sp³-hybridized carbons (Fsp3) is 0.750. The molecule has 2 heterocycles. The molecule has 0 amide bonds. The lowest BCUT2D eigenvalue weighted by atomic mass is 9.86. The third-order valence-electron chi connectivity index (χ3n) is 6.58. The Kier molecular flexibility index (Phi) is 9.70. The Hall–Kier alpha value is -1.16. The summed E-state index contributed by atoms with van der Waals surface area (Å²) >= 11 is 0. The first-order valence-electron chi connectivity index (χ1n) is 11.2. The minimum Gasteiger partial charge on any atom is -0.372 e. The molecule has 4 heteroatoms. The molecule has 0 bridgehead atoms. The molecule has 1 aromatic rings. The van der Waals surface area contributed by atoms with Crippen LogP contribution in [0.2, 0.25) is 0 Å². The molecular weight excluding hydrogens is 354 g/mol. The number of benzene rings is 1. The maximum Gasteiger partial charge on any atom is 0.251 e. The van der Waals surface area contributed by atoms with Crippen molar-refractivity contribution < 1.29 is 8.78 Å². The first-order valence-corrected chi connectivity index (χ1v) is 11.2. The number of hydrogen-bond acceptors (Lipinski definition) is 2. The predicted octanol–water partition coefficient (Wildman–Crippen LogP) is 6.18. The second kappa shape index (κ2) is 11.7. The molecule has 1 aromatic carbocycles. The highest BCUT2D eigenvalue weighted by Gasteiger charge is 2.23. The van der Waals surface area contributed by atoms with Gasteiger partial charge in [0.05, 0.1) is 6.54 Å². The second-order valence-corrected chi connectivity index (χ2v) is 9.18. The van der Waals surface area contributed by atoms with Crippen molar-refractivity contribution >= 4 is 5.69 Å². The Labute approximate surface area is 171 Å². The molecule has 2 aliphatic rings. The molecular formula is C24H40F2N2. The molecule has 0 saturated carbocycles. The molecule has 2 saturated heterocycles. The van der Waals surface area contributed by atoms with Crippen LogP contribution in [-0.2, 0) is 0 Å². The summed E-state index contributed by atoms with van der Waals surface area (Å²) in [5.74, 6) is 3.23. The summed E-state index contributed by atoms with van der Waals surface area (Å²) in [5.41, 5.74) is 1.39. The molecule has 2 nitrogen and oxygen atoms in total. The molecule has 2 aliphatic heterocycles. The van der Waals surface area contributed by atoms with Crippen LogP contribution in [-0.4, -0.2) is 44.0 Å². The van der Waals surface area contributed by atoms with Crippen LogP contribution in [0.5, 0.6) is 0 Å². The van der Waals surface area contributed by atoms with Crippen molar-refractivity contribution in [1.29, 1.82) is 0 Å². The van der Waals surface area contributed by atoms with Crippen molar-refractivity contribution in [2.75, 3.05) is 37.6 Å². The van der Waals surface area contributed by atoms with E-state index >= 15 is 0 Å². The van der Waals surface area contributed by atoms with Gasteiger partial charge in [-0.3, -0.25) is 4.90 Å². The van der Waals surface area contributed by atoms with Crippen LogP contribution in [0.15, 0.2) is 30.3 Å². The topological polar surface area (TPSA) is 6.48 Å².